The van der Waals surface area contributed by atoms with Gasteiger partial charge in [0.15, 0.2) is 6.10 Å². The van der Waals surface area contributed by atoms with Gasteiger partial charge in [0.1, 0.15) is 30.9 Å². The summed E-state index contributed by atoms with van der Waals surface area (Å²) in [7, 11) is 0. The number of carboxylic acids is 1. The van der Waals surface area contributed by atoms with E-state index in [1.165, 1.54) is 0 Å². The Balaban J connectivity index is 1.97. The molecular weight excluding hydrogens is 662 g/mol. The summed E-state index contributed by atoms with van der Waals surface area (Å²) in [4.78, 5) is 75.8. The van der Waals surface area contributed by atoms with Gasteiger partial charge >= 0.3 is 30.1 Å². The van der Waals surface area contributed by atoms with Crippen LogP contribution in [0.4, 0.5) is 9.59 Å². The Morgan fingerprint density at radius 3 is 1.88 bits per heavy atom. The number of rotatable bonds is 20. The molecule has 0 aromatic heterocycles. The Hall–Kier alpha value is -5.14. The molecule has 0 aliphatic rings. The second kappa shape index (κ2) is 21.8. The lowest BCUT2D eigenvalue weighted by Crippen LogP contribution is -2.53. The second-order valence-electron chi connectivity index (χ2n) is 13.3. The maximum Gasteiger partial charge on any atom is 0.408 e. The summed E-state index contributed by atoms with van der Waals surface area (Å²) in [5.74, 6) is -3.86. The Kier molecular flexibility index (Phi) is 18.0. The highest BCUT2D eigenvalue weighted by molar-refractivity contribution is 5.90. The molecule has 0 radical (unpaired) electrons. The number of carbonyl (C=O) groups is 6. The summed E-state index contributed by atoms with van der Waals surface area (Å²) in [6.07, 6.45) is -2.70. The molecule has 0 bridgehead atoms. The van der Waals surface area contributed by atoms with E-state index >= 15 is 0 Å². The number of nitrogens with one attached hydrogen (secondary N) is 3. The van der Waals surface area contributed by atoms with Gasteiger partial charge in [-0.25, -0.2) is 19.2 Å². The van der Waals surface area contributed by atoms with Gasteiger partial charge in [0.2, 0.25) is 5.91 Å². The van der Waals surface area contributed by atoms with Crippen LogP contribution in [-0.2, 0) is 51.3 Å². The van der Waals surface area contributed by atoms with Crippen LogP contribution in [0, 0.1) is 5.92 Å². The van der Waals surface area contributed by atoms with Crippen molar-refractivity contribution in [1.29, 1.82) is 0 Å². The van der Waals surface area contributed by atoms with Crippen LogP contribution in [-0.4, -0.2) is 71.4 Å². The molecule has 2 aromatic rings. The molecule has 14 heteroatoms. The lowest BCUT2D eigenvalue weighted by atomic mass is 10.0. The Morgan fingerprint density at radius 2 is 1.33 bits per heavy atom. The SMILES string of the molecule is CC(C)CC(NC(=O)C(CCC(=O)OCc1ccccc1)NC(=O)OC(C)(C)C)C(=O)OC(CCCCNC(=O)OCc1ccccc1)C(=O)O. The van der Waals surface area contributed by atoms with E-state index in [2.05, 4.69) is 16.0 Å². The highest BCUT2D eigenvalue weighted by atomic mass is 16.6. The monoisotopic (exact) mass is 713 g/mol. The maximum atomic E-state index is 13.5. The van der Waals surface area contributed by atoms with Crippen molar-refractivity contribution in [2.45, 2.75) is 110 Å². The lowest BCUT2D eigenvalue weighted by molar-refractivity contribution is -0.166. The second-order valence-corrected chi connectivity index (χ2v) is 13.3. The minimum atomic E-state index is -1.51. The highest BCUT2D eigenvalue weighted by Crippen LogP contribution is 2.14. The van der Waals surface area contributed by atoms with Crippen LogP contribution in [0.3, 0.4) is 0 Å². The van der Waals surface area contributed by atoms with Crippen LogP contribution in [0.25, 0.3) is 0 Å². The summed E-state index contributed by atoms with van der Waals surface area (Å²) in [6.45, 7) is 8.90. The Morgan fingerprint density at radius 1 is 0.745 bits per heavy atom. The average molecular weight is 714 g/mol. The number of hydrogen-bond donors (Lipinski definition) is 4. The molecule has 0 aliphatic heterocycles. The number of benzene rings is 2. The molecule has 2 rings (SSSR count). The van der Waals surface area contributed by atoms with Crippen molar-refractivity contribution in [3.05, 3.63) is 71.8 Å². The molecule has 0 spiro atoms. The molecule has 3 unspecified atom stereocenters. The summed E-state index contributed by atoms with van der Waals surface area (Å²) in [5, 5.41) is 17.4. The van der Waals surface area contributed by atoms with Gasteiger partial charge in [-0.15, -0.1) is 0 Å². The van der Waals surface area contributed by atoms with Crippen molar-refractivity contribution in [3.8, 4) is 0 Å². The van der Waals surface area contributed by atoms with Crippen LogP contribution in [0.15, 0.2) is 60.7 Å². The predicted molar refractivity (Wildman–Crippen MR) is 186 cm³/mol. The molecule has 0 saturated heterocycles. The molecule has 14 nitrogen and oxygen atoms in total. The zero-order chi connectivity index (χ0) is 37.8. The molecule has 0 aliphatic carbocycles. The zero-order valence-corrected chi connectivity index (χ0v) is 30.0. The molecule has 4 N–H and O–H groups in total. The van der Waals surface area contributed by atoms with Crippen LogP contribution < -0.4 is 16.0 Å². The summed E-state index contributed by atoms with van der Waals surface area (Å²) in [5.41, 5.74) is 0.731. The van der Waals surface area contributed by atoms with Crippen molar-refractivity contribution in [2.75, 3.05) is 6.54 Å². The fourth-order valence-corrected chi connectivity index (χ4v) is 4.62. The molecule has 280 valence electrons. The van der Waals surface area contributed by atoms with Crippen LogP contribution in [0.1, 0.15) is 84.3 Å². The minimum Gasteiger partial charge on any atom is -0.479 e. The number of alkyl carbamates (subject to hydrolysis) is 2. The third-order valence-electron chi connectivity index (χ3n) is 7.10. The van der Waals surface area contributed by atoms with Gasteiger partial charge in [-0.1, -0.05) is 74.5 Å². The predicted octanol–water partition coefficient (Wildman–Crippen LogP) is 5.03. The first-order valence-electron chi connectivity index (χ1n) is 17.0. The third-order valence-corrected chi connectivity index (χ3v) is 7.10. The van der Waals surface area contributed by atoms with Crippen molar-refractivity contribution in [2.24, 2.45) is 5.92 Å². The first-order valence-corrected chi connectivity index (χ1v) is 17.0. The van der Waals surface area contributed by atoms with Crippen molar-refractivity contribution < 1.29 is 52.8 Å². The van der Waals surface area contributed by atoms with E-state index in [4.69, 9.17) is 18.9 Å². The summed E-state index contributed by atoms with van der Waals surface area (Å²) in [6, 6.07) is 15.6. The number of aliphatic carboxylic acids is 1. The topological polar surface area (TPSA) is 196 Å². The zero-order valence-electron chi connectivity index (χ0n) is 30.0. The number of carbonyl (C=O) groups excluding carboxylic acids is 5. The largest absolute Gasteiger partial charge is 0.479 e. The molecule has 0 fully saturated rings. The Bertz CT molecular complexity index is 1410. The molecule has 51 heavy (non-hydrogen) atoms. The van der Waals surface area contributed by atoms with E-state index < -0.39 is 59.8 Å². The number of hydrogen-bond acceptors (Lipinski definition) is 10. The van der Waals surface area contributed by atoms with Crippen molar-refractivity contribution in [1.82, 2.24) is 16.0 Å². The molecule has 3 atom stereocenters. The molecular formula is C37H51N3O11. The average Bonchev–Trinajstić information content (AvgIpc) is 3.06. The molecule has 2 aromatic carbocycles. The van der Waals surface area contributed by atoms with Crippen molar-refractivity contribution >= 4 is 36.0 Å². The number of ether oxygens (including phenoxy) is 4. The summed E-state index contributed by atoms with van der Waals surface area (Å²) < 4.78 is 21.1. The van der Waals surface area contributed by atoms with E-state index in [9.17, 15) is 33.9 Å². The van der Waals surface area contributed by atoms with Crippen LogP contribution in [0.5, 0.6) is 0 Å². The van der Waals surface area contributed by atoms with Crippen molar-refractivity contribution in [3.63, 3.8) is 0 Å². The van der Waals surface area contributed by atoms with E-state index in [-0.39, 0.29) is 51.4 Å². The smallest absolute Gasteiger partial charge is 0.408 e. The summed E-state index contributed by atoms with van der Waals surface area (Å²) >= 11 is 0. The van der Waals surface area contributed by atoms with E-state index in [0.29, 0.717) is 12.8 Å². The molecule has 3 amide bonds. The van der Waals surface area contributed by atoms with Gasteiger partial charge in [0.05, 0.1) is 0 Å². The van der Waals surface area contributed by atoms with Crippen LogP contribution >= 0.6 is 0 Å². The Labute approximate surface area is 298 Å². The van der Waals surface area contributed by atoms with Gasteiger partial charge in [0, 0.05) is 13.0 Å². The third kappa shape index (κ3) is 18.4. The van der Waals surface area contributed by atoms with E-state index in [0.717, 1.165) is 11.1 Å². The van der Waals surface area contributed by atoms with Gasteiger partial charge < -0.3 is 40.0 Å². The number of carboxylic acid groups (broad SMARTS) is 1. The quantitative estimate of drug-likeness (QED) is 0.0817. The fraction of sp³-hybridized carbons (Fsp3) is 0.514. The lowest BCUT2D eigenvalue weighted by Gasteiger charge is -2.26. The minimum absolute atomic E-state index is 0.0287. The van der Waals surface area contributed by atoms with Gasteiger partial charge in [-0.3, -0.25) is 9.59 Å². The fourth-order valence-electron chi connectivity index (χ4n) is 4.62. The van der Waals surface area contributed by atoms with E-state index in [1.54, 1.807) is 58.9 Å². The number of amides is 3. The molecule has 0 saturated carbocycles. The van der Waals surface area contributed by atoms with Crippen LogP contribution in [0.2, 0.25) is 0 Å². The first kappa shape index (κ1) is 42.0. The molecule has 0 heterocycles. The first-order chi connectivity index (χ1) is 24.1. The standard InChI is InChI=1S/C37H51N3O11/c1-25(2)22-29(34(45)50-30(33(43)44)18-12-13-21-38-35(46)49-24-27-16-10-7-11-17-27)39-32(42)28(40-36(47)51-37(3,4)5)19-20-31(41)48-23-26-14-8-6-9-15-26/h6-11,14-17,25,28-30H,12-13,18-24H2,1-5H3,(H,38,46)(H,39,42)(H,40,47)(H,43,44). The maximum absolute atomic E-state index is 13.5. The van der Waals surface area contributed by atoms with Gasteiger partial charge in [0.25, 0.3) is 0 Å². The highest BCUT2D eigenvalue weighted by Gasteiger charge is 2.32. The number of unbranched alkanes of at least 4 members (excludes halogenated alkanes) is 1. The normalized spacial score (nSPS) is 12.8. The van der Waals surface area contributed by atoms with Gasteiger partial charge in [-0.05, 0) is 69.9 Å². The van der Waals surface area contributed by atoms with E-state index in [1.807, 2.05) is 36.4 Å². The number of esters is 2. The van der Waals surface area contributed by atoms with Gasteiger partial charge in [-0.2, -0.15) is 0 Å².